The van der Waals surface area contributed by atoms with E-state index in [1.54, 1.807) is 7.05 Å². The van der Waals surface area contributed by atoms with Crippen LogP contribution in [0, 0.1) is 6.92 Å². The molecule has 0 aliphatic carbocycles. The third kappa shape index (κ3) is 4.57. The minimum Gasteiger partial charge on any atom is -0.480 e. The van der Waals surface area contributed by atoms with Crippen molar-refractivity contribution < 1.29 is 14.7 Å². The largest absolute Gasteiger partial charge is 0.480 e. The van der Waals surface area contributed by atoms with E-state index in [1.807, 2.05) is 19.1 Å². The lowest BCUT2D eigenvalue weighted by molar-refractivity contribution is -0.142. The summed E-state index contributed by atoms with van der Waals surface area (Å²) < 4.78 is 1.54. The standard InChI is InChI=1S/C13H16Br2N2O3/c1-7-4-9(14)12(10(15)5-7)16-11(18)6-17(3)8(2)13(19)20/h4-5,8H,6H2,1-3H3,(H,16,18)(H,19,20). The Morgan fingerprint density at radius 1 is 1.35 bits per heavy atom. The number of carbonyl (C=O) groups excluding carboxylic acids is 1. The zero-order chi connectivity index (χ0) is 15.4. The van der Waals surface area contributed by atoms with Crippen molar-refractivity contribution in [3.8, 4) is 0 Å². The number of amides is 1. The number of halogens is 2. The van der Waals surface area contributed by atoms with E-state index in [0.717, 1.165) is 14.5 Å². The Bertz CT molecular complexity index is 511. The maximum atomic E-state index is 12.0. The fourth-order valence-corrected chi connectivity index (χ4v) is 3.16. The smallest absolute Gasteiger partial charge is 0.320 e. The minimum atomic E-state index is -0.960. The molecular weight excluding hydrogens is 392 g/mol. The number of benzene rings is 1. The van der Waals surface area contributed by atoms with Gasteiger partial charge in [-0.05, 0) is 70.5 Å². The lowest BCUT2D eigenvalue weighted by Gasteiger charge is -2.20. The topological polar surface area (TPSA) is 69.6 Å². The highest BCUT2D eigenvalue weighted by molar-refractivity contribution is 9.11. The molecule has 1 unspecified atom stereocenters. The van der Waals surface area contributed by atoms with Gasteiger partial charge in [0.2, 0.25) is 5.91 Å². The molecule has 0 aliphatic heterocycles. The fourth-order valence-electron chi connectivity index (χ4n) is 1.55. The van der Waals surface area contributed by atoms with Gasteiger partial charge in [0.25, 0.3) is 0 Å². The average molecular weight is 408 g/mol. The summed E-state index contributed by atoms with van der Waals surface area (Å²) in [5, 5.41) is 11.6. The number of rotatable bonds is 5. The summed E-state index contributed by atoms with van der Waals surface area (Å²) in [5.41, 5.74) is 1.69. The van der Waals surface area contributed by atoms with E-state index in [0.29, 0.717) is 5.69 Å². The minimum absolute atomic E-state index is 0.000221. The maximum Gasteiger partial charge on any atom is 0.320 e. The average Bonchev–Trinajstić information content (AvgIpc) is 2.32. The summed E-state index contributed by atoms with van der Waals surface area (Å²) >= 11 is 6.78. The van der Waals surface area contributed by atoms with Crippen molar-refractivity contribution in [3.05, 3.63) is 26.6 Å². The predicted molar refractivity (Wildman–Crippen MR) is 84.9 cm³/mol. The second-order valence-electron chi connectivity index (χ2n) is 4.58. The molecule has 1 aromatic rings. The number of likely N-dealkylation sites (N-methyl/N-ethyl adjacent to an activating group) is 1. The van der Waals surface area contributed by atoms with Gasteiger partial charge in [0.05, 0.1) is 12.2 Å². The van der Waals surface area contributed by atoms with E-state index in [-0.39, 0.29) is 12.5 Å². The van der Waals surface area contributed by atoms with Gasteiger partial charge in [-0.2, -0.15) is 0 Å². The van der Waals surface area contributed by atoms with Gasteiger partial charge in [-0.1, -0.05) is 0 Å². The molecule has 0 spiro atoms. The van der Waals surface area contributed by atoms with Crippen molar-refractivity contribution >= 4 is 49.4 Å². The number of anilines is 1. The molecular formula is C13H16Br2N2O3. The molecule has 1 aromatic carbocycles. The van der Waals surface area contributed by atoms with Gasteiger partial charge in [0.1, 0.15) is 6.04 Å². The fraction of sp³-hybridized carbons (Fsp3) is 0.385. The van der Waals surface area contributed by atoms with Crippen molar-refractivity contribution in [3.63, 3.8) is 0 Å². The number of carbonyl (C=O) groups is 2. The van der Waals surface area contributed by atoms with Crippen LogP contribution in [0.15, 0.2) is 21.1 Å². The number of hydrogen-bond acceptors (Lipinski definition) is 3. The van der Waals surface area contributed by atoms with Crippen molar-refractivity contribution in [2.24, 2.45) is 0 Å². The Kier molecular flexibility index (Phi) is 6.16. The van der Waals surface area contributed by atoms with Gasteiger partial charge in [0, 0.05) is 8.95 Å². The highest BCUT2D eigenvalue weighted by Gasteiger charge is 2.19. The first-order valence-electron chi connectivity index (χ1n) is 5.91. The molecule has 0 saturated carbocycles. The summed E-state index contributed by atoms with van der Waals surface area (Å²) in [6.45, 7) is 3.48. The number of nitrogens with zero attached hydrogens (tertiary/aromatic N) is 1. The first-order valence-corrected chi connectivity index (χ1v) is 7.49. The number of carboxylic acids is 1. The summed E-state index contributed by atoms with van der Waals surface area (Å²) in [6, 6.07) is 3.07. The number of aliphatic carboxylic acids is 1. The molecule has 7 heteroatoms. The van der Waals surface area contributed by atoms with E-state index >= 15 is 0 Å². The molecule has 1 amide bonds. The van der Waals surface area contributed by atoms with Crippen LogP contribution in [-0.2, 0) is 9.59 Å². The third-order valence-corrected chi connectivity index (χ3v) is 4.11. The lowest BCUT2D eigenvalue weighted by Crippen LogP contribution is -2.40. The van der Waals surface area contributed by atoms with Crippen molar-refractivity contribution in [1.82, 2.24) is 4.90 Å². The quantitative estimate of drug-likeness (QED) is 0.787. The second kappa shape index (κ2) is 7.19. The molecule has 20 heavy (non-hydrogen) atoms. The Balaban J connectivity index is 2.75. The second-order valence-corrected chi connectivity index (χ2v) is 6.29. The van der Waals surface area contributed by atoms with E-state index < -0.39 is 12.0 Å². The Labute approximate surface area is 134 Å². The Morgan fingerprint density at radius 3 is 2.30 bits per heavy atom. The lowest BCUT2D eigenvalue weighted by atomic mass is 10.2. The van der Waals surface area contributed by atoms with E-state index in [2.05, 4.69) is 37.2 Å². The molecule has 0 bridgehead atoms. The molecule has 0 aromatic heterocycles. The van der Waals surface area contributed by atoms with Crippen LogP contribution >= 0.6 is 31.9 Å². The van der Waals surface area contributed by atoms with E-state index in [9.17, 15) is 9.59 Å². The van der Waals surface area contributed by atoms with Crippen LogP contribution in [0.3, 0.4) is 0 Å². The summed E-state index contributed by atoms with van der Waals surface area (Å²) in [7, 11) is 1.59. The van der Waals surface area contributed by atoms with Crippen molar-refractivity contribution in [2.75, 3.05) is 18.9 Å². The van der Waals surface area contributed by atoms with Crippen LogP contribution in [-0.4, -0.2) is 41.5 Å². The van der Waals surface area contributed by atoms with Crippen LogP contribution in [0.4, 0.5) is 5.69 Å². The number of nitrogens with one attached hydrogen (secondary N) is 1. The van der Waals surface area contributed by atoms with Crippen LogP contribution in [0.25, 0.3) is 0 Å². The van der Waals surface area contributed by atoms with Crippen LogP contribution < -0.4 is 5.32 Å². The summed E-state index contributed by atoms with van der Waals surface area (Å²) in [6.07, 6.45) is 0. The highest BCUT2D eigenvalue weighted by Crippen LogP contribution is 2.32. The predicted octanol–water partition coefficient (Wildman–Crippen LogP) is 2.86. The van der Waals surface area contributed by atoms with E-state index in [1.165, 1.54) is 11.8 Å². The van der Waals surface area contributed by atoms with Gasteiger partial charge in [-0.25, -0.2) is 0 Å². The molecule has 0 aliphatic rings. The zero-order valence-corrected chi connectivity index (χ0v) is 14.6. The van der Waals surface area contributed by atoms with Crippen LogP contribution in [0.5, 0.6) is 0 Å². The zero-order valence-electron chi connectivity index (χ0n) is 11.4. The first kappa shape index (κ1) is 17.1. The molecule has 1 rings (SSSR count). The van der Waals surface area contributed by atoms with Gasteiger partial charge >= 0.3 is 5.97 Å². The van der Waals surface area contributed by atoms with Crippen molar-refractivity contribution in [2.45, 2.75) is 19.9 Å². The number of hydrogen-bond donors (Lipinski definition) is 2. The summed E-state index contributed by atoms with van der Waals surface area (Å²) in [5.74, 6) is -1.23. The number of carboxylic acid groups (broad SMARTS) is 1. The first-order chi connectivity index (χ1) is 9.22. The van der Waals surface area contributed by atoms with Crippen LogP contribution in [0.1, 0.15) is 12.5 Å². The SMILES string of the molecule is Cc1cc(Br)c(NC(=O)CN(C)C(C)C(=O)O)c(Br)c1. The van der Waals surface area contributed by atoms with Gasteiger partial charge in [0.15, 0.2) is 0 Å². The van der Waals surface area contributed by atoms with Crippen LogP contribution in [0.2, 0.25) is 0 Å². The molecule has 0 saturated heterocycles. The maximum absolute atomic E-state index is 12.0. The Hall–Kier alpha value is -0.920. The monoisotopic (exact) mass is 406 g/mol. The molecule has 2 N–H and O–H groups in total. The summed E-state index contributed by atoms with van der Waals surface area (Å²) in [4.78, 5) is 24.3. The van der Waals surface area contributed by atoms with Gasteiger partial charge in [-0.3, -0.25) is 14.5 Å². The van der Waals surface area contributed by atoms with Gasteiger partial charge in [-0.15, -0.1) is 0 Å². The Morgan fingerprint density at radius 2 is 1.85 bits per heavy atom. The molecule has 110 valence electrons. The van der Waals surface area contributed by atoms with Gasteiger partial charge < -0.3 is 10.4 Å². The van der Waals surface area contributed by atoms with E-state index in [4.69, 9.17) is 5.11 Å². The highest BCUT2D eigenvalue weighted by atomic mass is 79.9. The molecule has 1 atom stereocenters. The molecule has 5 nitrogen and oxygen atoms in total. The number of aryl methyl sites for hydroxylation is 1. The molecule has 0 fully saturated rings. The normalized spacial score (nSPS) is 12.3. The van der Waals surface area contributed by atoms with Crippen molar-refractivity contribution in [1.29, 1.82) is 0 Å². The molecule has 0 radical (unpaired) electrons. The molecule has 0 heterocycles. The third-order valence-electron chi connectivity index (χ3n) is 2.86.